The Hall–Kier alpha value is 0.650. The largest absolute Gasteiger partial charge is 0.286 e. The summed E-state index contributed by atoms with van der Waals surface area (Å²) in [7, 11) is 0. The molecule has 9 heavy (non-hydrogen) atoms. The summed E-state index contributed by atoms with van der Waals surface area (Å²) in [6, 6.07) is 0. The van der Waals surface area contributed by atoms with Crippen LogP contribution in [0.2, 0.25) is 0 Å². The van der Waals surface area contributed by atoms with Gasteiger partial charge >= 0.3 is 0 Å². The Bertz CT molecular complexity index is 112. The van der Waals surface area contributed by atoms with Crippen molar-refractivity contribution >= 4 is 53.9 Å². The lowest BCUT2D eigenvalue weighted by Gasteiger charge is -1.88. The molecule has 0 atom stereocenters. The van der Waals surface area contributed by atoms with Crippen molar-refractivity contribution in [3.05, 3.63) is 0 Å². The van der Waals surface area contributed by atoms with Gasteiger partial charge in [-0.05, 0) is 11.8 Å². The van der Waals surface area contributed by atoms with Crippen LogP contribution in [0.15, 0.2) is 0 Å². The summed E-state index contributed by atoms with van der Waals surface area (Å²) in [6.45, 7) is 0. The smallest absolute Gasteiger partial charge is 0.206 e. The molecule has 0 bridgehead atoms. The number of alkyl halides is 2. The standard InChI is InChI=1S/C4H4Br2O2S/c5-1-3(7)9-4(8)2-6/h1-2H2. The summed E-state index contributed by atoms with van der Waals surface area (Å²) >= 11 is 6.60. The Kier molecular flexibility index (Phi) is 5.83. The molecule has 0 saturated heterocycles. The van der Waals surface area contributed by atoms with E-state index in [1.807, 2.05) is 0 Å². The molecule has 0 unspecified atom stereocenters. The number of hydrogen-bond acceptors (Lipinski definition) is 3. The fraction of sp³-hybridized carbons (Fsp3) is 0.500. The summed E-state index contributed by atoms with van der Waals surface area (Å²) < 4.78 is 0. The van der Waals surface area contributed by atoms with Crippen LogP contribution in [0.5, 0.6) is 0 Å². The van der Waals surface area contributed by atoms with Gasteiger partial charge in [0.15, 0.2) is 0 Å². The zero-order valence-corrected chi connectivity index (χ0v) is 8.38. The Morgan fingerprint density at radius 3 is 1.67 bits per heavy atom. The van der Waals surface area contributed by atoms with Crippen LogP contribution < -0.4 is 0 Å². The predicted molar refractivity (Wildman–Crippen MR) is 45.2 cm³/mol. The normalized spacial score (nSPS) is 9.11. The van der Waals surface area contributed by atoms with Crippen molar-refractivity contribution in [1.82, 2.24) is 0 Å². The highest BCUT2D eigenvalue weighted by atomic mass is 79.9. The lowest BCUT2D eigenvalue weighted by atomic mass is 10.9. The first kappa shape index (κ1) is 9.65. The van der Waals surface area contributed by atoms with Crippen molar-refractivity contribution in [3.63, 3.8) is 0 Å². The lowest BCUT2D eigenvalue weighted by molar-refractivity contribution is -0.110. The zero-order chi connectivity index (χ0) is 7.28. The molecule has 0 heterocycles. The summed E-state index contributed by atoms with van der Waals surface area (Å²) in [4.78, 5) is 20.9. The quantitative estimate of drug-likeness (QED) is 0.718. The third-order valence-corrected chi connectivity index (χ3v) is 2.95. The maximum absolute atomic E-state index is 10.5. The minimum atomic E-state index is -0.153. The maximum atomic E-state index is 10.5. The van der Waals surface area contributed by atoms with Crippen LogP contribution in [0.3, 0.4) is 0 Å². The second-order valence-electron chi connectivity index (χ2n) is 1.11. The summed E-state index contributed by atoms with van der Waals surface area (Å²) in [5, 5.41) is 0.159. The zero-order valence-electron chi connectivity index (χ0n) is 4.39. The van der Waals surface area contributed by atoms with Gasteiger partial charge in [0.2, 0.25) is 10.2 Å². The third-order valence-electron chi connectivity index (χ3n) is 0.446. The Morgan fingerprint density at radius 1 is 1.11 bits per heavy atom. The second kappa shape index (κ2) is 5.44. The van der Waals surface area contributed by atoms with Gasteiger partial charge in [-0.1, -0.05) is 31.9 Å². The molecule has 0 aliphatic rings. The van der Waals surface area contributed by atoms with Gasteiger partial charge in [0.1, 0.15) is 0 Å². The average Bonchev–Trinajstić information content (AvgIpc) is 1.87. The van der Waals surface area contributed by atoms with Crippen molar-refractivity contribution < 1.29 is 9.59 Å². The third kappa shape index (κ3) is 5.11. The van der Waals surface area contributed by atoms with E-state index in [1.165, 1.54) is 0 Å². The molecule has 0 radical (unpaired) electrons. The van der Waals surface area contributed by atoms with Gasteiger partial charge in [-0.2, -0.15) is 0 Å². The highest BCUT2D eigenvalue weighted by molar-refractivity contribution is 9.10. The highest BCUT2D eigenvalue weighted by Gasteiger charge is 2.06. The molecular weight excluding hydrogens is 272 g/mol. The van der Waals surface area contributed by atoms with Crippen molar-refractivity contribution in [1.29, 1.82) is 0 Å². The molecular formula is C4H4Br2O2S. The van der Waals surface area contributed by atoms with E-state index in [9.17, 15) is 9.59 Å². The van der Waals surface area contributed by atoms with Crippen LogP contribution in [0.4, 0.5) is 0 Å². The van der Waals surface area contributed by atoms with Crippen molar-refractivity contribution in [2.45, 2.75) is 0 Å². The minimum absolute atomic E-state index is 0.153. The number of carbonyl (C=O) groups excluding carboxylic acids is 2. The molecule has 52 valence electrons. The maximum Gasteiger partial charge on any atom is 0.206 e. The first-order valence-corrected chi connectivity index (χ1v) is 5.12. The van der Waals surface area contributed by atoms with E-state index >= 15 is 0 Å². The summed E-state index contributed by atoms with van der Waals surface area (Å²) in [5.41, 5.74) is 0. The second-order valence-corrected chi connectivity index (χ2v) is 3.35. The van der Waals surface area contributed by atoms with Crippen molar-refractivity contribution in [2.75, 3.05) is 10.7 Å². The molecule has 0 aliphatic carbocycles. The molecule has 0 aliphatic heterocycles. The highest BCUT2D eigenvalue weighted by Crippen LogP contribution is 2.06. The Morgan fingerprint density at radius 2 is 1.44 bits per heavy atom. The van der Waals surface area contributed by atoms with Crippen LogP contribution in [0.25, 0.3) is 0 Å². The van der Waals surface area contributed by atoms with Crippen molar-refractivity contribution in [2.24, 2.45) is 0 Å². The number of thioether (sulfide) groups is 1. The van der Waals surface area contributed by atoms with Gasteiger partial charge in [-0.15, -0.1) is 0 Å². The molecule has 0 rings (SSSR count). The first-order valence-electron chi connectivity index (χ1n) is 2.06. The van der Waals surface area contributed by atoms with E-state index < -0.39 is 0 Å². The number of rotatable bonds is 2. The molecule has 0 spiro atoms. The van der Waals surface area contributed by atoms with Gasteiger partial charge in [0.25, 0.3) is 0 Å². The van der Waals surface area contributed by atoms with E-state index in [0.29, 0.717) is 0 Å². The monoisotopic (exact) mass is 274 g/mol. The molecule has 0 aromatic rings. The molecule has 0 saturated carbocycles. The molecule has 0 fully saturated rings. The summed E-state index contributed by atoms with van der Waals surface area (Å²) in [5.74, 6) is 0. The van der Waals surface area contributed by atoms with Crippen LogP contribution in [0.1, 0.15) is 0 Å². The average molecular weight is 276 g/mol. The van der Waals surface area contributed by atoms with E-state index in [1.54, 1.807) is 0 Å². The fourth-order valence-electron chi connectivity index (χ4n) is 0.182. The molecule has 0 N–H and O–H groups in total. The molecule has 0 aromatic heterocycles. The molecule has 0 aromatic carbocycles. The van der Waals surface area contributed by atoms with Gasteiger partial charge in [0.05, 0.1) is 10.7 Å². The summed E-state index contributed by atoms with van der Waals surface area (Å²) in [6.07, 6.45) is 0. The van der Waals surface area contributed by atoms with Gasteiger partial charge < -0.3 is 0 Å². The molecule has 5 heteroatoms. The van der Waals surface area contributed by atoms with Crippen LogP contribution in [-0.4, -0.2) is 20.9 Å². The van der Waals surface area contributed by atoms with E-state index in [2.05, 4.69) is 31.9 Å². The van der Waals surface area contributed by atoms with Crippen LogP contribution in [0, 0.1) is 0 Å². The topological polar surface area (TPSA) is 34.1 Å². The van der Waals surface area contributed by atoms with Gasteiger partial charge in [-0.3, -0.25) is 9.59 Å². The minimum Gasteiger partial charge on any atom is -0.286 e. The van der Waals surface area contributed by atoms with Crippen LogP contribution >= 0.6 is 43.6 Å². The SMILES string of the molecule is O=C(CBr)SC(=O)CBr. The molecule has 0 amide bonds. The van der Waals surface area contributed by atoms with Gasteiger partial charge in [-0.25, -0.2) is 0 Å². The molecule has 2 nitrogen and oxygen atoms in total. The van der Waals surface area contributed by atoms with Gasteiger partial charge in [0, 0.05) is 0 Å². The number of halogens is 2. The fourth-order valence-corrected chi connectivity index (χ4v) is 1.23. The van der Waals surface area contributed by atoms with E-state index in [-0.39, 0.29) is 20.9 Å². The van der Waals surface area contributed by atoms with E-state index in [4.69, 9.17) is 0 Å². The Labute approximate surface area is 74.0 Å². The van der Waals surface area contributed by atoms with Crippen molar-refractivity contribution in [3.8, 4) is 0 Å². The van der Waals surface area contributed by atoms with E-state index in [0.717, 1.165) is 11.8 Å². The number of carbonyl (C=O) groups is 2. The van der Waals surface area contributed by atoms with Crippen LogP contribution in [-0.2, 0) is 9.59 Å². The first-order chi connectivity index (χ1) is 4.20. The Balaban J connectivity index is 3.47. The predicted octanol–water partition coefficient (Wildman–Crippen LogP) is 1.56. The number of hydrogen-bond donors (Lipinski definition) is 0. The lowest BCUT2D eigenvalue weighted by Crippen LogP contribution is -2.00.